The van der Waals surface area contributed by atoms with Crippen molar-refractivity contribution < 1.29 is 0 Å². The summed E-state index contributed by atoms with van der Waals surface area (Å²) in [5.41, 5.74) is 7.56. The topological polar surface area (TPSA) is 38.0 Å². The number of hydrogen-bond donors (Lipinski definition) is 2. The van der Waals surface area contributed by atoms with Gasteiger partial charge in [0.05, 0.1) is 6.04 Å². The van der Waals surface area contributed by atoms with Crippen molar-refractivity contribution >= 4 is 11.6 Å². The molecule has 0 aromatic heterocycles. The van der Waals surface area contributed by atoms with Crippen LogP contribution in [0.3, 0.4) is 0 Å². The fourth-order valence-electron chi connectivity index (χ4n) is 2.41. The van der Waals surface area contributed by atoms with Crippen molar-refractivity contribution in [2.24, 2.45) is 5.84 Å². The van der Waals surface area contributed by atoms with E-state index < -0.39 is 0 Å². The van der Waals surface area contributed by atoms with Crippen molar-refractivity contribution in [3.05, 3.63) is 69.7 Å². The minimum Gasteiger partial charge on any atom is -0.271 e. The largest absolute Gasteiger partial charge is 0.271 e. The molecule has 112 valence electrons. The second kappa shape index (κ2) is 6.18. The van der Waals surface area contributed by atoms with Gasteiger partial charge in [-0.2, -0.15) is 0 Å². The predicted molar refractivity (Wildman–Crippen MR) is 90.5 cm³/mol. The molecule has 1 atom stereocenters. The first-order chi connectivity index (χ1) is 9.82. The molecule has 0 heterocycles. The first kappa shape index (κ1) is 16.0. The van der Waals surface area contributed by atoms with Gasteiger partial charge in [-0.1, -0.05) is 68.8 Å². The number of benzene rings is 2. The van der Waals surface area contributed by atoms with E-state index in [0.29, 0.717) is 0 Å². The number of nitrogens with one attached hydrogen (secondary N) is 1. The highest BCUT2D eigenvalue weighted by Gasteiger charge is 2.18. The molecule has 0 amide bonds. The molecule has 2 aromatic rings. The first-order valence-corrected chi connectivity index (χ1v) is 7.53. The van der Waals surface area contributed by atoms with Crippen LogP contribution in [0.15, 0.2) is 42.5 Å². The minimum absolute atomic E-state index is 0.105. The van der Waals surface area contributed by atoms with Gasteiger partial charge in [0.25, 0.3) is 0 Å². The molecule has 0 aliphatic carbocycles. The van der Waals surface area contributed by atoms with Crippen LogP contribution in [0.2, 0.25) is 5.02 Å². The van der Waals surface area contributed by atoms with Crippen molar-refractivity contribution in [3.8, 4) is 0 Å². The van der Waals surface area contributed by atoms with Gasteiger partial charge < -0.3 is 0 Å². The standard InChI is InChI=1S/C18H23ClN2/c1-12-5-10-15(16(19)11-12)17(21-20)13-6-8-14(9-7-13)18(2,3)4/h5-11,17,21H,20H2,1-4H3. The van der Waals surface area contributed by atoms with Crippen LogP contribution >= 0.6 is 11.6 Å². The molecule has 0 aliphatic heterocycles. The van der Waals surface area contributed by atoms with Crippen LogP contribution < -0.4 is 11.3 Å². The number of aryl methyl sites for hydroxylation is 1. The third kappa shape index (κ3) is 3.65. The average Bonchev–Trinajstić information content (AvgIpc) is 2.41. The third-order valence-electron chi connectivity index (χ3n) is 3.74. The highest BCUT2D eigenvalue weighted by molar-refractivity contribution is 6.31. The molecular weight excluding hydrogens is 280 g/mol. The van der Waals surface area contributed by atoms with Gasteiger partial charge in [0.2, 0.25) is 0 Å². The summed E-state index contributed by atoms with van der Waals surface area (Å²) in [6.45, 7) is 8.64. The molecule has 0 saturated carbocycles. The van der Waals surface area contributed by atoms with Crippen LogP contribution in [0.4, 0.5) is 0 Å². The molecule has 1 unspecified atom stereocenters. The van der Waals surface area contributed by atoms with E-state index in [1.165, 1.54) is 5.56 Å². The summed E-state index contributed by atoms with van der Waals surface area (Å²) in [4.78, 5) is 0. The van der Waals surface area contributed by atoms with E-state index in [4.69, 9.17) is 17.4 Å². The zero-order valence-corrected chi connectivity index (χ0v) is 13.8. The lowest BCUT2D eigenvalue weighted by Crippen LogP contribution is -2.29. The summed E-state index contributed by atoms with van der Waals surface area (Å²) in [5, 5.41) is 0.734. The van der Waals surface area contributed by atoms with Crippen molar-refractivity contribution in [3.63, 3.8) is 0 Å². The van der Waals surface area contributed by atoms with E-state index in [1.54, 1.807) is 0 Å². The zero-order valence-electron chi connectivity index (χ0n) is 13.1. The Morgan fingerprint density at radius 2 is 1.67 bits per heavy atom. The quantitative estimate of drug-likeness (QED) is 0.647. The van der Waals surface area contributed by atoms with Crippen LogP contribution in [0, 0.1) is 6.92 Å². The summed E-state index contributed by atoms with van der Waals surface area (Å²) >= 11 is 6.36. The average molecular weight is 303 g/mol. The van der Waals surface area contributed by atoms with Crippen molar-refractivity contribution in [2.45, 2.75) is 39.2 Å². The fraction of sp³-hybridized carbons (Fsp3) is 0.333. The van der Waals surface area contributed by atoms with E-state index in [-0.39, 0.29) is 11.5 Å². The smallest absolute Gasteiger partial charge is 0.0724 e. The molecule has 2 rings (SSSR count). The lowest BCUT2D eigenvalue weighted by molar-refractivity contribution is 0.588. The molecule has 3 heteroatoms. The molecular formula is C18H23ClN2. The maximum absolute atomic E-state index is 6.36. The Labute approximate surface area is 132 Å². The highest BCUT2D eigenvalue weighted by Crippen LogP contribution is 2.30. The van der Waals surface area contributed by atoms with Crippen LogP contribution in [0.25, 0.3) is 0 Å². The van der Waals surface area contributed by atoms with E-state index >= 15 is 0 Å². The third-order valence-corrected chi connectivity index (χ3v) is 4.07. The van der Waals surface area contributed by atoms with Crippen molar-refractivity contribution in [2.75, 3.05) is 0 Å². The molecule has 0 bridgehead atoms. The Morgan fingerprint density at radius 3 is 2.14 bits per heavy atom. The van der Waals surface area contributed by atoms with Gasteiger partial charge in [-0.3, -0.25) is 5.84 Å². The molecule has 0 saturated heterocycles. The predicted octanol–water partition coefficient (Wildman–Crippen LogP) is 4.50. The Balaban J connectivity index is 2.37. The molecule has 0 fully saturated rings. The fourth-order valence-corrected chi connectivity index (χ4v) is 2.75. The van der Waals surface area contributed by atoms with Gasteiger partial charge in [0.15, 0.2) is 0 Å². The summed E-state index contributed by atoms with van der Waals surface area (Å²) in [7, 11) is 0. The maximum Gasteiger partial charge on any atom is 0.0724 e. The minimum atomic E-state index is -0.105. The van der Waals surface area contributed by atoms with Crippen LogP contribution in [-0.2, 0) is 5.41 Å². The lowest BCUT2D eigenvalue weighted by Gasteiger charge is -2.22. The number of hydrogen-bond acceptors (Lipinski definition) is 2. The molecule has 0 radical (unpaired) electrons. The van der Waals surface area contributed by atoms with Gasteiger partial charge in [0.1, 0.15) is 0 Å². The van der Waals surface area contributed by atoms with Crippen LogP contribution in [0.5, 0.6) is 0 Å². The summed E-state index contributed by atoms with van der Waals surface area (Å²) in [6.07, 6.45) is 0. The number of nitrogens with two attached hydrogens (primary N) is 1. The Morgan fingerprint density at radius 1 is 1.05 bits per heavy atom. The van der Waals surface area contributed by atoms with Gasteiger partial charge >= 0.3 is 0 Å². The van der Waals surface area contributed by atoms with Crippen LogP contribution in [0.1, 0.15) is 49.1 Å². The van der Waals surface area contributed by atoms with E-state index in [2.05, 4.69) is 56.5 Å². The summed E-state index contributed by atoms with van der Waals surface area (Å²) in [5.74, 6) is 5.76. The van der Waals surface area contributed by atoms with Crippen LogP contribution in [-0.4, -0.2) is 0 Å². The van der Waals surface area contributed by atoms with E-state index in [1.807, 2.05) is 19.1 Å². The van der Waals surface area contributed by atoms with Crippen molar-refractivity contribution in [1.29, 1.82) is 0 Å². The number of halogens is 1. The van der Waals surface area contributed by atoms with E-state index in [9.17, 15) is 0 Å². The van der Waals surface area contributed by atoms with Gasteiger partial charge in [0, 0.05) is 5.02 Å². The van der Waals surface area contributed by atoms with E-state index in [0.717, 1.165) is 21.7 Å². The molecule has 2 aromatic carbocycles. The lowest BCUT2D eigenvalue weighted by atomic mass is 9.86. The van der Waals surface area contributed by atoms with Gasteiger partial charge in [-0.15, -0.1) is 0 Å². The second-order valence-corrected chi connectivity index (χ2v) is 6.90. The van der Waals surface area contributed by atoms with Gasteiger partial charge in [-0.25, -0.2) is 5.43 Å². The highest BCUT2D eigenvalue weighted by atomic mass is 35.5. The number of hydrazine groups is 1. The normalized spacial score (nSPS) is 13.2. The molecule has 3 N–H and O–H groups in total. The number of rotatable bonds is 3. The van der Waals surface area contributed by atoms with Gasteiger partial charge in [-0.05, 0) is 40.7 Å². The molecule has 0 spiro atoms. The second-order valence-electron chi connectivity index (χ2n) is 6.50. The molecule has 0 aliphatic rings. The van der Waals surface area contributed by atoms with Crippen molar-refractivity contribution in [1.82, 2.24) is 5.43 Å². The Kier molecular flexibility index (Phi) is 4.72. The Hall–Kier alpha value is -1.35. The first-order valence-electron chi connectivity index (χ1n) is 7.15. The summed E-state index contributed by atoms with van der Waals surface area (Å²) < 4.78 is 0. The zero-order chi connectivity index (χ0) is 15.6. The summed E-state index contributed by atoms with van der Waals surface area (Å²) in [6, 6.07) is 14.5. The maximum atomic E-state index is 6.36. The monoisotopic (exact) mass is 302 g/mol. The molecule has 21 heavy (non-hydrogen) atoms. The molecule has 2 nitrogen and oxygen atoms in total. The SMILES string of the molecule is Cc1ccc(C(NN)c2ccc(C(C)(C)C)cc2)c(Cl)c1. The Bertz CT molecular complexity index is 612.